The molecule has 0 saturated carbocycles. The van der Waals surface area contributed by atoms with Crippen molar-refractivity contribution in [3.63, 3.8) is 0 Å². The van der Waals surface area contributed by atoms with E-state index in [-0.39, 0.29) is 0 Å². The van der Waals surface area contributed by atoms with Crippen LogP contribution in [-0.4, -0.2) is 17.4 Å². The van der Waals surface area contributed by atoms with Crippen molar-refractivity contribution >= 4 is 46.8 Å². The molecule has 164 valence electrons. The Bertz CT molecular complexity index is 1050. The first-order chi connectivity index (χ1) is 15.6. The monoisotopic (exact) mass is 481 g/mol. The van der Waals surface area contributed by atoms with Gasteiger partial charge in [0.15, 0.2) is 0 Å². The van der Waals surface area contributed by atoms with Crippen LogP contribution in [0.25, 0.3) is 0 Å². The molecular formula is C26H24ClNO2S2. The summed E-state index contributed by atoms with van der Waals surface area (Å²) in [5.41, 5.74) is 1.71. The second-order valence-electron chi connectivity index (χ2n) is 6.84. The molecule has 32 heavy (non-hydrogen) atoms. The Morgan fingerprint density at radius 3 is 2.25 bits per heavy atom. The molecule has 0 aliphatic rings. The normalized spacial score (nSPS) is 11.6. The Hall–Kier alpha value is -2.47. The van der Waals surface area contributed by atoms with E-state index in [1.165, 1.54) is 16.7 Å². The Kier molecular flexibility index (Phi) is 9.95. The van der Waals surface area contributed by atoms with E-state index in [1.807, 2.05) is 54.6 Å². The molecule has 0 fully saturated rings. The maximum atomic E-state index is 11.3. The molecule has 0 N–H and O–H groups in total. The molecule has 0 unspecified atom stereocenters. The van der Waals surface area contributed by atoms with Crippen LogP contribution in [0.1, 0.15) is 25.3 Å². The number of rotatable bonds is 10. The van der Waals surface area contributed by atoms with E-state index in [0.29, 0.717) is 6.42 Å². The third-order valence-electron chi connectivity index (χ3n) is 4.33. The first-order valence-electron chi connectivity index (χ1n) is 10.2. The van der Waals surface area contributed by atoms with Gasteiger partial charge in [0, 0.05) is 32.4 Å². The highest BCUT2D eigenvalue weighted by atomic mass is 35.5. The van der Waals surface area contributed by atoms with Gasteiger partial charge in [-0.05, 0) is 66.9 Å². The lowest BCUT2D eigenvalue weighted by Crippen LogP contribution is -2.04. The second-order valence-corrected chi connectivity index (χ2v) is 9.51. The molecule has 0 spiro atoms. The van der Waals surface area contributed by atoms with E-state index in [0.717, 1.165) is 33.4 Å². The maximum absolute atomic E-state index is 11.3. The van der Waals surface area contributed by atoms with Crippen LogP contribution in [0.4, 0.5) is 0 Å². The first-order valence-corrected chi connectivity index (χ1v) is 12.4. The van der Waals surface area contributed by atoms with Gasteiger partial charge in [-0.2, -0.15) is 0 Å². The quantitative estimate of drug-likeness (QED) is 0.0969. The summed E-state index contributed by atoms with van der Waals surface area (Å²) in [5.74, 6) is 0.456. The van der Waals surface area contributed by atoms with Crippen LogP contribution in [0.15, 0.2) is 111 Å². The van der Waals surface area contributed by atoms with E-state index < -0.39 is 5.97 Å². The van der Waals surface area contributed by atoms with Crippen molar-refractivity contribution in [3.05, 3.63) is 102 Å². The van der Waals surface area contributed by atoms with Crippen molar-refractivity contribution in [2.24, 2.45) is 5.16 Å². The van der Waals surface area contributed by atoms with Crippen molar-refractivity contribution < 1.29 is 9.63 Å². The molecule has 0 heterocycles. The van der Waals surface area contributed by atoms with Crippen LogP contribution in [-0.2, 0) is 9.63 Å². The summed E-state index contributed by atoms with van der Waals surface area (Å²) in [4.78, 5) is 19.7. The average molecular weight is 482 g/mol. The standard InChI is InChI=1S/C26H24ClNO2S2/c1-20(29)30-28-26(10-6-3-7-19-31-23-17-13-22(27)14-18-23)21-11-15-25(16-12-21)32-24-8-4-2-5-9-24/h2-5,7-9,11-18H,6,10,19H2,1H3. The number of hydrogen-bond acceptors (Lipinski definition) is 5. The Morgan fingerprint density at radius 2 is 1.56 bits per heavy atom. The summed E-state index contributed by atoms with van der Waals surface area (Å²) in [7, 11) is 0. The number of allylic oxidation sites excluding steroid dienone is 1. The third-order valence-corrected chi connectivity index (χ3v) is 6.56. The molecule has 3 aromatic rings. The van der Waals surface area contributed by atoms with Gasteiger partial charge in [-0.1, -0.05) is 71.0 Å². The largest absolute Gasteiger partial charge is 0.331 e. The van der Waals surface area contributed by atoms with Crippen molar-refractivity contribution in [3.8, 4) is 0 Å². The van der Waals surface area contributed by atoms with Crippen molar-refractivity contribution in [1.29, 1.82) is 0 Å². The van der Waals surface area contributed by atoms with Gasteiger partial charge >= 0.3 is 5.97 Å². The Labute approximate surface area is 202 Å². The third kappa shape index (κ3) is 8.58. The van der Waals surface area contributed by atoms with Gasteiger partial charge in [-0.15, -0.1) is 11.8 Å². The predicted molar refractivity (Wildman–Crippen MR) is 136 cm³/mol. The predicted octanol–water partition coefficient (Wildman–Crippen LogP) is 7.89. The molecule has 3 nitrogen and oxygen atoms in total. The minimum Gasteiger partial charge on any atom is -0.318 e. The van der Waals surface area contributed by atoms with Crippen LogP contribution in [0.3, 0.4) is 0 Å². The minimum absolute atomic E-state index is 0.423. The lowest BCUT2D eigenvalue weighted by Gasteiger charge is -2.07. The fourth-order valence-electron chi connectivity index (χ4n) is 2.78. The summed E-state index contributed by atoms with van der Waals surface area (Å²) in [6, 6.07) is 26.2. The Morgan fingerprint density at radius 1 is 0.906 bits per heavy atom. The molecule has 6 heteroatoms. The fraction of sp³-hybridized carbons (Fsp3) is 0.154. The van der Waals surface area contributed by atoms with Crippen molar-refractivity contribution in [1.82, 2.24) is 0 Å². The number of carbonyl (C=O) groups is 1. The number of carbonyl (C=O) groups excluding carboxylic acids is 1. The molecule has 0 aliphatic carbocycles. The van der Waals surface area contributed by atoms with Crippen molar-refractivity contribution in [2.45, 2.75) is 34.5 Å². The zero-order valence-electron chi connectivity index (χ0n) is 17.7. The minimum atomic E-state index is -0.423. The lowest BCUT2D eigenvalue weighted by atomic mass is 10.1. The molecule has 3 rings (SSSR count). The smallest absolute Gasteiger partial charge is 0.318 e. The molecule has 0 radical (unpaired) electrons. The van der Waals surface area contributed by atoms with Gasteiger partial charge in [0.2, 0.25) is 0 Å². The van der Waals surface area contributed by atoms with Gasteiger partial charge in [0.05, 0.1) is 5.71 Å². The molecule has 3 aromatic carbocycles. The van der Waals surface area contributed by atoms with E-state index >= 15 is 0 Å². The summed E-state index contributed by atoms with van der Waals surface area (Å²) in [5, 5.41) is 4.84. The van der Waals surface area contributed by atoms with Gasteiger partial charge in [-0.3, -0.25) is 0 Å². The molecule has 0 amide bonds. The van der Waals surface area contributed by atoms with Gasteiger partial charge < -0.3 is 4.84 Å². The average Bonchev–Trinajstić information content (AvgIpc) is 2.80. The summed E-state index contributed by atoms with van der Waals surface area (Å²) in [6.45, 7) is 1.36. The van der Waals surface area contributed by atoms with Crippen LogP contribution < -0.4 is 0 Å². The highest BCUT2D eigenvalue weighted by molar-refractivity contribution is 7.99. The molecule has 0 saturated heterocycles. The summed E-state index contributed by atoms with van der Waals surface area (Å²) < 4.78 is 0. The number of hydrogen-bond donors (Lipinski definition) is 0. The lowest BCUT2D eigenvalue weighted by molar-refractivity contribution is -0.140. The maximum Gasteiger partial charge on any atom is 0.331 e. The van der Waals surface area contributed by atoms with Gasteiger partial charge in [0.1, 0.15) is 0 Å². The highest BCUT2D eigenvalue weighted by Gasteiger charge is 2.06. The zero-order valence-corrected chi connectivity index (χ0v) is 20.1. The number of nitrogens with zero attached hydrogens (tertiary/aromatic N) is 1. The number of oxime groups is 1. The summed E-state index contributed by atoms with van der Waals surface area (Å²) in [6.07, 6.45) is 5.76. The molecular weight excluding hydrogens is 458 g/mol. The fourth-order valence-corrected chi connectivity index (χ4v) is 4.50. The zero-order chi connectivity index (χ0) is 22.6. The number of thioether (sulfide) groups is 1. The molecule has 0 atom stereocenters. The number of halogens is 1. The van der Waals surface area contributed by atoms with E-state index in [4.69, 9.17) is 16.4 Å². The molecule has 0 aliphatic heterocycles. The van der Waals surface area contributed by atoms with Crippen LogP contribution in [0, 0.1) is 0 Å². The highest BCUT2D eigenvalue weighted by Crippen LogP contribution is 2.27. The van der Waals surface area contributed by atoms with Crippen LogP contribution >= 0.6 is 35.1 Å². The summed E-state index contributed by atoms with van der Waals surface area (Å²) >= 11 is 9.38. The number of benzene rings is 3. The topological polar surface area (TPSA) is 38.7 Å². The van der Waals surface area contributed by atoms with Crippen LogP contribution in [0.2, 0.25) is 5.02 Å². The first kappa shape index (κ1) is 24.2. The Balaban J connectivity index is 1.55. The second kappa shape index (κ2) is 13.2. The van der Waals surface area contributed by atoms with Crippen LogP contribution in [0.5, 0.6) is 0 Å². The van der Waals surface area contributed by atoms with Crippen molar-refractivity contribution in [2.75, 3.05) is 5.75 Å². The SMILES string of the molecule is CC(=O)ON=C(CCC=CCSc1ccc(Cl)cc1)c1ccc(Sc2ccccc2)cc1. The molecule has 0 bridgehead atoms. The van der Waals surface area contributed by atoms with Gasteiger partial charge in [0.25, 0.3) is 0 Å². The van der Waals surface area contributed by atoms with E-state index in [9.17, 15) is 4.79 Å². The van der Waals surface area contributed by atoms with Gasteiger partial charge in [-0.25, -0.2) is 4.79 Å². The van der Waals surface area contributed by atoms with E-state index in [2.05, 4.69) is 41.6 Å². The molecule has 0 aromatic heterocycles. The van der Waals surface area contributed by atoms with E-state index in [1.54, 1.807) is 23.5 Å².